The number of nitrogens with one attached hydrogen (secondary N) is 1. The van der Waals surface area contributed by atoms with Crippen molar-refractivity contribution in [3.63, 3.8) is 0 Å². The predicted octanol–water partition coefficient (Wildman–Crippen LogP) is 2.35. The molecule has 0 unspecified atom stereocenters. The van der Waals surface area contributed by atoms with Gasteiger partial charge in [-0.1, -0.05) is 18.2 Å². The summed E-state index contributed by atoms with van der Waals surface area (Å²) in [7, 11) is 0. The first-order valence-corrected chi connectivity index (χ1v) is 4.74. The van der Waals surface area contributed by atoms with E-state index in [0.29, 0.717) is 5.70 Å². The van der Waals surface area contributed by atoms with Crippen molar-refractivity contribution in [3.8, 4) is 0 Å². The Labute approximate surface area is 89.5 Å². The van der Waals surface area contributed by atoms with E-state index in [1.807, 2.05) is 13.0 Å². The lowest BCUT2D eigenvalue weighted by molar-refractivity contribution is -0.116. The molecule has 15 heavy (non-hydrogen) atoms. The molecule has 80 valence electrons. The van der Waals surface area contributed by atoms with Crippen LogP contribution in [0.15, 0.2) is 47.4 Å². The highest BCUT2D eigenvalue weighted by atomic mass is 16.3. The third-order valence-corrected chi connectivity index (χ3v) is 1.95. The smallest absolute Gasteiger partial charge is 0.259 e. The summed E-state index contributed by atoms with van der Waals surface area (Å²) < 4.78 is 0. The SMILES string of the molecule is C=C(C)NC(=O)C1=C(O)C=CCC(C)=C1. The molecule has 1 amide bonds. The first-order chi connectivity index (χ1) is 7.00. The molecular formula is C12H15NO2. The number of allylic oxidation sites excluding steroid dienone is 4. The predicted molar refractivity (Wildman–Crippen MR) is 60.1 cm³/mol. The van der Waals surface area contributed by atoms with Crippen LogP contribution in [0, 0.1) is 0 Å². The van der Waals surface area contributed by atoms with Crippen molar-refractivity contribution < 1.29 is 9.90 Å². The Morgan fingerprint density at radius 3 is 2.87 bits per heavy atom. The molecule has 1 rings (SSSR count). The van der Waals surface area contributed by atoms with Gasteiger partial charge in [0.25, 0.3) is 5.91 Å². The quantitative estimate of drug-likeness (QED) is 0.727. The first kappa shape index (κ1) is 11.3. The van der Waals surface area contributed by atoms with Crippen LogP contribution in [0.2, 0.25) is 0 Å². The van der Waals surface area contributed by atoms with E-state index < -0.39 is 0 Å². The number of rotatable bonds is 2. The summed E-state index contributed by atoms with van der Waals surface area (Å²) in [6.07, 6.45) is 5.80. The number of amides is 1. The lowest BCUT2D eigenvalue weighted by Crippen LogP contribution is -2.22. The van der Waals surface area contributed by atoms with E-state index in [2.05, 4.69) is 11.9 Å². The van der Waals surface area contributed by atoms with Crippen LogP contribution in [0.4, 0.5) is 0 Å². The van der Waals surface area contributed by atoms with Gasteiger partial charge in [-0.25, -0.2) is 0 Å². The maximum absolute atomic E-state index is 11.6. The molecule has 2 N–H and O–H groups in total. The summed E-state index contributed by atoms with van der Waals surface area (Å²) in [5.41, 5.74) is 1.87. The molecule has 0 spiro atoms. The molecule has 0 bridgehead atoms. The number of carbonyl (C=O) groups is 1. The van der Waals surface area contributed by atoms with Gasteiger partial charge in [-0.05, 0) is 32.4 Å². The average molecular weight is 205 g/mol. The molecule has 0 saturated heterocycles. The molecule has 0 fully saturated rings. The van der Waals surface area contributed by atoms with Crippen LogP contribution in [-0.2, 0) is 4.79 Å². The Hall–Kier alpha value is -1.77. The third kappa shape index (κ3) is 3.13. The van der Waals surface area contributed by atoms with Crippen LogP contribution in [0.3, 0.4) is 0 Å². The summed E-state index contributed by atoms with van der Waals surface area (Å²) in [4.78, 5) is 11.6. The highest BCUT2D eigenvalue weighted by Gasteiger charge is 2.13. The number of hydrogen-bond donors (Lipinski definition) is 2. The zero-order chi connectivity index (χ0) is 11.4. The maximum Gasteiger partial charge on any atom is 0.259 e. The molecule has 0 saturated carbocycles. The van der Waals surface area contributed by atoms with E-state index in [1.165, 1.54) is 0 Å². The zero-order valence-corrected chi connectivity index (χ0v) is 9.00. The minimum atomic E-state index is -0.328. The number of aliphatic hydroxyl groups excluding tert-OH is 1. The van der Waals surface area contributed by atoms with Crippen LogP contribution < -0.4 is 5.32 Å². The van der Waals surface area contributed by atoms with E-state index >= 15 is 0 Å². The first-order valence-electron chi connectivity index (χ1n) is 4.74. The monoisotopic (exact) mass is 205 g/mol. The van der Waals surface area contributed by atoms with Gasteiger partial charge < -0.3 is 10.4 Å². The van der Waals surface area contributed by atoms with Gasteiger partial charge in [-0.3, -0.25) is 4.79 Å². The van der Waals surface area contributed by atoms with Crippen molar-refractivity contribution in [3.05, 3.63) is 47.4 Å². The highest BCUT2D eigenvalue weighted by Crippen LogP contribution is 2.16. The maximum atomic E-state index is 11.6. The highest BCUT2D eigenvalue weighted by molar-refractivity contribution is 5.98. The van der Waals surface area contributed by atoms with Gasteiger partial charge in [-0.15, -0.1) is 0 Å². The minimum Gasteiger partial charge on any atom is -0.507 e. The van der Waals surface area contributed by atoms with Gasteiger partial charge in [0.1, 0.15) is 5.76 Å². The molecule has 1 aliphatic carbocycles. The van der Waals surface area contributed by atoms with Crippen LogP contribution in [0.1, 0.15) is 20.3 Å². The lowest BCUT2D eigenvalue weighted by atomic mass is 10.1. The molecule has 3 heteroatoms. The number of aliphatic hydroxyl groups is 1. The standard InChI is InChI=1S/C12H15NO2/c1-8(2)13-12(15)10-7-9(3)5-4-6-11(10)14/h4,6-7,14H,1,5H2,2-3H3,(H,13,15). The van der Waals surface area contributed by atoms with Gasteiger partial charge in [0, 0.05) is 5.70 Å². The van der Waals surface area contributed by atoms with Gasteiger partial charge >= 0.3 is 0 Å². The summed E-state index contributed by atoms with van der Waals surface area (Å²) in [6.45, 7) is 7.19. The van der Waals surface area contributed by atoms with Gasteiger partial charge in [0.2, 0.25) is 0 Å². The molecule has 0 aliphatic heterocycles. The van der Waals surface area contributed by atoms with E-state index in [1.54, 1.807) is 19.1 Å². The van der Waals surface area contributed by atoms with Crippen molar-refractivity contribution in [2.45, 2.75) is 20.3 Å². The molecule has 0 aromatic rings. The second-order valence-electron chi connectivity index (χ2n) is 3.63. The molecule has 0 aromatic heterocycles. The molecule has 0 heterocycles. The zero-order valence-electron chi connectivity index (χ0n) is 9.00. The Kier molecular flexibility index (Phi) is 3.50. The summed E-state index contributed by atoms with van der Waals surface area (Å²) in [6, 6.07) is 0. The molecule has 3 nitrogen and oxygen atoms in total. The van der Waals surface area contributed by atoms with Crippen molar-refractivity contribution in [1.29, 1.82) is 0 Å². The Morgan fingerprint density at radius 2 is 2.27 bits per heavy atom. The van der Waals surface area contributed by atoms with Crippen LogP contribution >= 0.6 is 0 Å². The normalized spacial score (nSPS) is 15.7. The summed E-state index contributed by atoms with van der Waals surface area (Å²) in [5.74, 6) is -0.337. The van der Waals surface area contributed by atoms with Crippen molar-refractivity contribution in [2.24, 2.45) is 0 Å². The second kappa shape index (κ2) is 4.64. The van der Waals surface area contributed by atoms with Crippen molar-refractivity contribution in [1.82, 2.24) is 5.32 Å². The molecule has 0 radical (unpaired) electrons. The fourth-order valence-corrected chi connectivity index (χ4v) is 1.27. The van der Waals surface area contributed by atoms with Crippen LogP contribution in [0.25, 0.3) is 0 Å². The van der Waals surface area contributed by atoms with Crippen LogP contribution in [0.5, 0.6) is 0 Å². The Morgan fingerprint density at radius 1 is 1.60 bits per heavy atom. The van der Waals surface area contributed by atoms with E-state index in [4.69, 9.17) is 0 Å². The van der Waals surface area contributed by atoms with Crippen molar-refractivity contribution in [2.75, 3.05) is 0 Å². The molecule has 0 aromatic carbocycles. The number of carbonyl (C=O) groups excluding carboxylic acids is 1. The molecular weight excluding hydrogens is 190 g/mol. The second-order valence-corrected chi connectivity index (χ2v) is 3.63. The summed E-state index contributed by atoms with van der Waals surface area (Å²) in [5, 5.41) is 12.2. The van der Waals surface area contributed by atoms with E-state index in [9.17, 15) is 9.90 Å². The van der Waals surface area contributed by atoms with Gasteiger partial charge in [-0.2, -0.15) is 0 Å². The minimum absolute atomic E-state index is 0.00870. The topological polar surface area (TPSA) is 49.3 Å². The van der Waals surface area contributed by atoms with E-state index in [0.717, 1.165) is 12.0 Å². The largest absolute Gasteiger partial charge is 0.507 e. The lowest BCUT2D eigenvalue weighted by Gasteiger charge is -2.05. The molecule has 1 aliphatic rings. The van der Waals surface area contributed by atoms with Crippen molar-refractivity contribution >= 4 is 5.91 Å². The Balaban J connectivity index is 3.00. The van der Waals surface area contributed by atoms with E-state index in [-0.39, 0.29) is 17.2 Å². The van der Waals surface area contributed by atoms with Crippen LogP contribution in [-0.4, -0.2) is 11.0 Å². The van der Waals surface area contributed by atoms with Gasteiger partial charge in [0.05, 0.1) is 5.57 Å². The summed E-state index contributed by atoms with van der Waals surface area (Å²) >= 11 is 0. The number of hydrogen-bond acceptors (Lipinski definition) is 2. The molecule has 0 atom stereocenters. The third-order valence-electron chi connectivity index (χ3n) is 1.95. The fourth-order valence-electron chi connectivity index (χ4n) is 1.27. The van der Waals surface area contributed by atoms with Gasteiger partial charge in [0.15, 0.2) is 0 Å². The fraction of sp³-hybridized carbons (Fsp3) is 0.250. The Bertz CT molecular complexity index is 386. The average Bonchev–Trinajstić information content (AvgIpc) is 2.27.